The van der Waals surface area contributed by atoms with Crippen molar-refractivity contribution in [1.29, 1.82) is 0 Å². The zero-order valence-corrected chi connectivity index (χ0v) is 14.3. The Morgan fingerprint density at radius 1 is 1.19 bits per heavy atom. The molecule has 1 aromatic carbocycles. The van der Waals surface area contributed by atoms with Crippen molar-refractivity contribution in [3.63, 3.8) is 0 Å². The Labute approximate surface area is 149 Å². The number of carbonyl (C=O) groups excluding carboxylic acids is 1. The molecular weight excluding hydrogens is 337 g/mol. The van der Waals surface area contributed by atoms with Gasteiger partial charge >= 0.3 is 0 Å². The fourth-order valence-electron chi connectivity index (χ4n) is 2.64. The Morgan fingerprint density at radius 2 is 1.88 bits per heavy atom. The van der Waals surface area contributed by atoms with Gasteiger partial charge in [-0.25, -0.2) is 9.37 Å². The predicted molar refractivity (Wildman–Crippen MR) is 96.2 cm³/mol. The summed E-state index contributed by atoms with van der Waals surface area (Å²) in [5.41, 5.74) is 14.5. The lowest BCUT2D eigenvalue weighted by Gasteiger charge is -2.12. The summed E-state index contributed by atoms with van der Waals surface area (Å²) >= 11 is 0. The zero-order valence-electron chi connectivity index (χ0n) is 14.3. The van der Waals surface area contributed by atoms with E-state index in [-0.39, 0.29) is 17.5 Å². The van der Waals surface area contributed by atoms with E-state index in [0.717, 1.165) is 5.56 Å². The molecule has 0 saturated carbocycles. The Kier molecular flexibility index (Phi) is 4.57. The molecule has 7 nitrogen and oxygen atoms in total. The highest BCUT2D eigenvalue weighted by Gasteiger charge is 2.19. The first-order chi connectivity index (χ1) is 12.3. The Morgan fingerprint density at radius 3 is 2.50 bits per heavy atom. The van der Waals surface area contributed by atoms with Crippen LogP contribution in [0.25, 0.3) is 0 Å². The SMILES string of the molecule is Cc1noc(C)c1C(=O)Nc1cc(Cc2ccc(F)cc2)c(N)nc1N. The summed E-state index contributed by atoms with van der Waals surface area (Å²) in [6.07, 6.45) is 0.424. The number of benzene rings is 1. The van der Waals surface area contributed by atoms with Crippen LogP contribution >= 0.6 is 0 Å². The van der Waals surface area contributed by atoms with Gasteiger partial charge in [-0.3, -0.25) is 4.79 Å². The predicted octanol–water partition coefficient (Wildman–Crippen LogP) is 2.83. The maximum Gasteiger partial charge on any atom is 0.261 e. The van der Waals surface area contributed by atoms with E-state index in [2.05, 4.69) is 15.5 Å². The van der Waals surface area contributed by atoms with Crippen molar-refractivity contribution < 1.29 is 13.7 Å². The van der Waals surface area contributed by atoms with Crippen LogP contribution in [0, 0.1) is 19.7 Å². The highest BCUT2D eigenvalue weighted by Crippen LogP contribution is 2.25. The minimum Gasteiger partial charge on any atom is -0.383 e. The van der Waals surface area contributed by atoms with Crippen molar-refractivity contribution >= 4 is 23.2 Å². The number of halogens is 1. The highest BCUT2D eigenvalue weighted by atomic mass is 19.1. The molecule has 0 atom stereocenters. The fourth-order valence-corrected chi connectivity index (χ4v) is 2.64. The normalized spacial score (nSPS) is 10.7. The van der Waals surface area contributed by atoms with Gasteiger partial charge in [0.1, 0.15) is 28.8 Å². The van der Waals surface area contributed by atoms with Crippen LogP contribution < -0.4 is 16.8 Å². The summed E-state index contributed by atoms with van der Waals surface area (Å²) in [5.74, 6) is 0.0537. The number of amides is 1. The molecule has 8 heteroatoms. The second kappa shape index (κ2) is 6.83. The third kappa shape index (κ3) is 3.49. The summed E-state index contributed by atoms with van der Waals surface area (Å²) in [4.78, 5) is 16.6. The summed E-state index contributed by atoms with van der Waals surface area (Å²) < 4.78 is 18.1. The van der Waals surface area contributed by atoms with Gasteiger partial charge in [0.15, 0.2) is 0 Å². The topological polar surface area (TPSA) is 120 Å². The number of nitrogens with two attached hydrogens (primary N) is 2. The van der Waals surface area contributed by atoms with Crippen LogP contribution in [0.15, 0.2) is 34.9 Å². The van der Waals surface area contributed by atoms with E-state index in [1.54, 1.807) is 32.0 Å². The number of aryl methyl sites for hydroxylation is 2. The third-order valence-electron chi connectivity index (χ3n) is 3.98. The van der Waals surface area contributed by atoms with Crippen molar-refractivity contribution in [2.24, 2.45) is 0 Å². The Hall–Kier alpha value is -3.42. The van der Waals surface area contributed by atoms with Crippen LogP contribution in [-0.4, -0.2) is 16.0 Å². The number of hydrogen-bond acceptors (Lipinski definition) is 6. The Bertz CT molecular complexity index is 947. The van der Waals surface area contributed by atoms with Gasteiger partial charge in [-0.05, 0) is 37.6 Å². The summed E-state index contributed by atoms with van der Waals surface area (Å²) in [6, 6.07) is 7.73. The molecular formula is C18H18FN5O2. The largest absolute Gasteiger partial charge is 0.383 e. The Balaban J connectivity index is 1.88. The molecule has 0 bridgehead atoms. The molecule has 3 rings (SSSR count). The minimum atomic E-state index is -0.396. The molecule has 0 fully saturated rings. The smallest absolute Gasteiger partial charge is 0.261 e. The van der Waals surface area contributed by atoms with E-state index in [1.165, 1.54) is 12.1 Å². The highest BCUT2D eigenvalue weighted by molar-refractivity contribution is 6.06. The van der Waals surface area contributed by atoms with Crippen LogP contribution in [0.3, 0.4) is 0 Å². The molecule has 26 heavy (non-hydrogen) atoms. The number of hydrogen-bond donors (Lipinski definition) is 3. The molecule has 1 amide bonds. The monoisotopic (exact) mass is 355 g/mol. The van der Waals surface area contributed by atoms with Crippen molar-refractivity contribution in [3.05, 3.63) is 64.3 Å². The van der Waals surface area contributed by atoms with Gasteiger partial charge < -0.3 is 21.3 Å². The average Bonchev–Trinajstić information content (AvgIpc) is 2.92. The van der Waals surface area contributed by atoms with Gasteiger partial charge in [-0.1, -0.05) is 17.3 Å². The van der Waals surface area contributed by atoms with Gasteiger partial charge in [0.2, 0.25) is 0 Å². The van der Waals surface area contributed by atoms with Gasteiger partial charge in [0.05, 0.1) is 11.4 Å². The van der Waals surface area contributed by atoms with E-state index in [4.69, 9.17) is 16.0 Å². The number of nitrogens with one attached hydrogen (secondary N) is 1. The molecule has 0 radical (unpaired) electrons. The van der Waals surface area contributed by atoms with Crippen molar-refractivity contribution in [2.75, 3.05) is 16.8 Å². The number of aromatic nitrogens is 2. The second-order valence-corrected chi connectivity index (χ2v) is 5.92. The first-order valence-electron chi connectivity index (χ1n) is 7.88. The standard InChI is InChI=1S/C18H18FN5O2/c1-9-15(10(2)26-24-9)18(25)22-14-8-12(16(20)23-17(14)21)7-11-3-5-13(19)6-4-11/h3-6,8H,7H2,1-2H3,(H,22,25)(H4,20,21,23). The van der Waals surface area contributed by atoms with Crippen molar-refractivity contribution in [1.82, 2.24) is 10.1 Å². The van der Waals surface area contributed by atoms with E-state index in [0.29, 0.717) is 34.7 Å². The van der Waals surface area contributed by atoms with E-state index < -0.39 is 5.91 Å². The number of nitrogens with zero attached hydrogens (tertiary/aromatic N) is 2. The number of rotatable bonds is 4. The third-order valence-corrected chi connectivity index (χ3v) is 3.98. The summed E-state index contributed by atoms with van der Waals surface area (Å²) in [7, 11) is 0. The molecule has 134 valence electrons. The molecule has 0 spiro atoms. The molecule has 2 heterocycles. The molecule has 2 aromatic heterocycles. The van der Waals surface area contributed by atoms with Gasteiger partial charge in [0, 0.05) is 12.0 Å². The quantitative estimate of drug-likeness (QED) is 0.662. The lowest BCUT2D eigenvalue weighted by atomic mass is 10.0. The molecule has 3 aromatic rings. The number of carbonyl (C=O) groups is 1. The molecule has 0 unspecified atom stereocenters. The van der Waals surface area contributed by atoms with Crippen molar-refractivity contribution in [2.45, 2.75) is 20.3 Å². The summed E-state index contributed by atoms with van der Waals surface area (Å²) in [5, 5.41) is 6.48. The van der Waals surface area contributed by atoms with E-state index in [9.17, 15) is 9.18 Å². The fraction of sp³-hybridized carbons (Fsp3) is 0.167. The van der Waals surface area contributed by atoms with Crippen molar-refractivity contribution in [3.8, 4) is 0 Å². The van der Waals surface area contributed by atoms with Gasteiger partial charge in [0.25, 0.3) is 5.91 Å². The minimum absolute atomic E-state index is 0.102. The van der Waals surface area contributed by atoms with Crippen LogP contribution in [0.2, 0.25) is 0 Å². The molecule has 5 N–H and O–H groups in total. The number of pyridine rings is 1. The molecule has 0 aliphatic carbocycles. The molecule has 0 aliphatic heterocycles. The molecule has 0 saturated heterocycles. The second-order valence-electron chi connectivity index (χ2n) is 5.92. The number of nitrogen functional groups attached to an aromatic ring is 2. The van der Waals surface area contributed by atoms with Crippen LogP contribution in [0.5, 0.6) is 0 Å². The van der Waals surface area contributed by atoms with Crippen LogP contribution in [0.4, 0.5) is 21.7 Å². The first kappa shape index (κ1) is 17.4. The summed E-state index contributed by atoms with van der Waals surface area (Å²) in [6.45, 7) is 3.33. The lowest BCUT2D eigenvalue weighted by Crippen LogP contribution is -2.16. The van der Waals surface area contributed by atoms with Crippen LogP contribution in [-0.2, 0) is 6.42 Å². The molecule has 0 aliphatic rings. The van der Waals surface area contributed by atoms with Crippen LogP contribution in [0.1, 0.15) is 32.9 Å². The first-order valence-corrected chi connectivity index (χ1v) is 7.88. The average molecular weight is 355 g/mol. The number of anilines is 3. The van der Waals surface area contributed by atoms with E-state index >= 15 is 0 Å². The lowest BCUT2D eigenvalue weighted by molar-refractivity contribution is 0.102. The maximum absolute atomic E-state index is 13.1. The van der Waals surface area contributed by atoms with Gasteiger partial charge in [-0.15, -0.1) is 0 Å². The van der Waals surface area contributed by atoms with E-state index in [1.807, 2.05) is 0 Å². The zero-order chi connectivity index (χ0) is 18.8. The van der Waals surface area contributed by atoms with Gasteiger partial charge in [-0.2, -0.15) is 0 Å². The maximum atomic E-state index is 13.1.